The highest BCUT2D eigenvalue weighted by molar-refractivity contribution is 7.92. The van der Waals surface area contributed by atoms with Gasteiger partial charge in [0.1, 0.15) is 24.7 Å². The van der Waals surface area contributed by atoms with E-state index in [4.69, 9.17) is 9.47 Å². The fraction of sp³-hybridized carbons (Fsp3) is 0.571. The van der Waals surface area contributed by atoms with E-state index in [1.54, 1.807) is 24.3 Å². The molecular weight excluding hydrogens is 460 g/mol. The minimum Gasteiger partial charge on any atom is -0.492 e. The standard InChI is InChI=1S/C28H42N2O4S/c1-5-13-29(14-6-2)17-19-33-23-9-11-27-25(21-23)26-22-24(10-12-28(26)35(27,31)32)34-20-18-30(15-7-3)16-8-4/h9-12,21-22H,5-8,13-20H2,1-4H3. The molecule has 0 atom stereocenters. The van der Waals surface area contributed by atoms with Gasteiger partial charge >= 0.3 is 0 Å². The highest BCUT2D eigenvalue weighted by atomic mass is 32.2. The van der Waals surface area contributed by atoms with E-state index in [-0.39, 0.29) is 0 Å². The average molecular weight is 503 g/mol. The Morgan fingerprint density at radius 3 is 1.31 bits per heavy atom. The fourth-order valence-corrected chi connectivity index (χ4v) is 6.37. The molecule has 0 N–H and O–H groups in total. The average Bonchev–Trinajstić information content (AvgIpc) is 3.06. The van der Waals surface area contributed by atoms with Gasteiger partial charge in [0.05, 0.1) is 9.79 Å². The number of fused-ring (bicyclic) bond motifs is 3. The molecular formula is C28H42N2O4S. The molecule has 6 nitrogen and oxygen atoms in total. The summed E-state index contributed by atoms with van der Waals surface area (Å²) in [5, 5.41) is 0. The number of benzene rings is 2. The number of nitrogens with zero attached hydrogens (tertiary/aromatic N) is 2. The Morgan fingerprint density at radius 2 is 0.971 bits per heavy atom. The molecule has 1 aliphatic rings. The van der Waals surface area contributed by atoms with E-state index in [9.17, 15) is 8.42 Å². The van der Waals surface area contributed by atoms with Gasteiger partial charge in [-0.2, -0.15) is 0 Å². The van der Waals surface area contributed by atoms with Crippen LogP contribution in [0.15, 0.2) is 46.2 Å². The summed E-state index contributed by atoms with van der Waals surface area (Å²) in [5.41, 5.74) is 1.39. The first-order valence-electron chi connectivity index (χ1n) is 13.2. The van der Waals surface area contributed by atoms with E-state index in [1.165, 1.54) is 0 Å². The third-order valence-electron chi connectivity index (χ3n) is 6.28. The van der Waals surface area contributed by atoms with Crippen LogP contribution in [0.3, 0.4) is 0 Å². The molecule has 0 radical (unpaired) electrons. The lowest BCUT2D eigenvalue weighted by Gasteiger charge is -2.21. The van der Waals surface area contributed by atoms with Crippen LogP contribution in [-0.2, 0) is 9.84 Å². The Morgan fingerprint density at radius 1 is 0.600 bits per heavy atom. The van der Waals surface area contributed by atoms with E-state index in [0.29, 0.717) is 45.6 Å². The number of hydrogen-bond acceptors (Lipinski definition) is 6. The minimum atomic E-state index is -3.52. The zero-order valence-corrected chi connectivity index (χ0v) is 22.7. The van der Waals surface area contributed by atoms with Gasteiger partial charge in [-0.05, 0) is 88.3 Å². The molecule has 0 saturated heterocycles. The van der Waals surface area contributed by atoms with Crippen LogP contribution in [0.1, 0.15) is 53.4 Å². The molecule has 3 rings (SSSR count). The van der Waals surface area contributed by atoms with Gasteiger partial charge in [0.2, 0.25) is 9.84 Å². The minimum absolute atomic E-state index is 0.340. The maximum absolute atomic E-state index is 13.1. The van der Waals surface area contributed by atoms with Crippen molar-refractivity contribution in [2.24, 2.45) is 0 Å². The van der Waals surface area contributed by atoms with Crippen molar-refractivity contribution in [3.05, 3.63) is 36.4 Å². The van der Waals surface area contributed by atoms with E-state index in [1.807, 2.05) is 12.1 Å². The molecule has 0 aliphatic carbocycles. The second-order valence-corrected chi connectivity index (χ2v) is 11.1. The molecule has 2 aromatic carbocycles. The summed E-state index contributed by atoms with van der Waals surface area (Å²) in [6.45, 7) is 15.9. The second kappa shape index (κ2) is 13.3. The van der Waals surface area contributed by atoms with Gasteiger partial charge in [0.15, 0.2) is 0 Å². The number of sulfone groups is 1. The summed E-state index contributed by atoms with van der Waals surface area (Å²) in [5.74, 6) is 1.39. The van der Waals surface area contributed by atoms with Crippen molar-refractivity contribution in [2.75, 3.05) is 52.5 Å². The number of ether oxygens (including phenoxy) is 2. The molecule has 0 spiro atoms. The van der Waals surface area contributed by atoms with E-state index in [2.05, 4.69) is 37.5 Å². The zero-order chi connectivity index (χ0) is 25.3. The molecule has 0 fully saturated rings. The third kappa shape index (κ3) is 6.99. The summed E-state index contributed by atoms with van der Waals surface area (Å²) < 4.78 is 38.3. The van der Waals surface area contributed by atoms with Crippen molar-refractivity contribution in [1.29, 1.82) is 0 Å². The number of rotatable bonds is 16. The Labute approximate surface area is 212 Å². The lowest BCUT2D eigenvalue weighted by molar-refractivity contribution is 0.209. The van der Waals surface area contributed by atoms with Gasteiger partial charge in [-0.15, -0.1) is 0 Å². The van der Waals surface area contributed by atoms with Crippen LogP contribution in [0, 0.1) is 0 Å². The summed E-state index contributed by atoms with van der Waals surface area (Å²) in [4.78, 5) is 5.48. The summed E-state index contributed by atoms with van der Waals surface area (Å²) in [6.07, 6.45) is 4.47. The lowest BCUT2D eigenvalue weighted by Crippen LogP contribution is -2.30. The van der Waals surface area contributed by atoms with Gasteiger partial charge in [-0.3, -0.25) is 9.80 Å². The Balaban J connectivity index is 1.71. The Hall–Kier alpha value is -2.09. The highest BCUT2D eigenvalue weighted by Gasteiger charge is 2.33. The van der Waals surface area contributed by atoms with Gasteiger partial charge in [0.25, 0.3) is 0 Å². The Bertz CT molecular complexity index is 965. The van der Waals surface area contributed by atoms with Crippen molar-refractivity contribution in [2.45, 2.75) is 63.2 Å². The molecule has 0 amide bonds. The smallest absolute Gasteiger partial charge is 0.207 e. The normalized spacial score (nSPS) is 13.8. The van der Waals surface area contributed by atoms with Crippen molar-refractivity contribution in [3.63, 3.8) is 0 Å². The SMILES string of the molecule is CCCN(CCC)CCOc1ccc2c(c1)-c1cc(OCCN(CCC)CCC)ccc1S2(=O)=O. The summed E-state index contributed by atoms with van der Waals surface area (Å²) in [7, 11) is -3.52. The molecule has 0 bridgehead atoms. The molecule has 2 aromatic rings. The van der Waals surface area contributed by atoms with E-state index < -0.39 is 9.84 Å². The van der Waals surface area contributed by atoms with Crippen LogP contribution < -0.4 is 9.47 Å². The molecule has 1 heterocycles. The van der Waals surface area contributed by atoms with Crippen molar-refractivity contribution in [1.82, 2.24) is 9.80 Å². The van der Waals surface area contributed by atoms with Crippen LogP contribution in [0.5, 0.6) is 11.5 Å². The molecule has 0 unspecified atom stereocenters. The third-order valence-corrected chi connectivity index (χ3v) is 8.15. The predicted octanol–water partition coefficient (Wildman–Crippen LogP) is 5.50. The first-order chi connectivity index (χ1) is 16.9. The molecule has 7 heteroatoms. The molecule has 0 saturated carbocycles. The maximum Gasteiger partial charge on any atom is 0.207 e. The van der Waals surface area contributed by atoms with E-state index in [0.717, 1.165) is 65.0 Å². The van der Waals surface area contributed by atoms with Crippen molar-refractivity contribution >= 4 is 9.84 Å². The van der Waals surface area contributed by atoms with Crippen molar-refractivity contribution < 1.29 is 17.9 Å². The Kier molecular flexibility index (Phi) is 10.4. The van der Waals surface area contributed by atoms with Gasteiger partial charge in [0, 0.05) is 24.2 Å². The largest absolute Gasteiger partial charge is 0.492 e. The highest BCUT2D eigenvalue weighted by Crippen LogP contribution is 2.45. The van der Waals surface area contributed by atoms with Gasteiger partial charge in [-0.25, -0.2) is 8.42 Å². The van der Waals surface area contributed by atoms with Crippen LogP contribution in [0.25, 0.3) is 11.1 Å². The topological polar surface area (TPSA) is 59.1 Å². The van der Waals surface area contributed by atoms with E-state index >= 15 is 0 Å². The van der Waals surface area contributed by atoms with Gasteiger partial charge in [-0.1, -0.05) is 27.7 Å². The first-order valence-corrected chi connectivity index (χ1v) is 14.7. The molecule has 1 aliphatic heterocycles. The van der Waals surface area contributed by atoms with Crippen LogP contribution in [0.2, 0.25) is 0 Å². The predicted molar refractivity (Wildman–Crippen MR) is 142 cm³/mol. The van der Waals surface area contributed by atoms with Crippen LogP contribution in [0.4, 0.5) is 0 Å². The quantitative estimate of drug-likeness (QED) is 0.258. The van der Waals surface area contributed by atoms with Crippen LogP contribution in [-0.4, -0.2) is 70.7 Å². The first kappa shape index (κ1) is 27.5. The summed E-state index contributed by atoms with van der Waals surface area (Å²) >= 11 is 0. The fourth-order valence-electron chi connectivity index (χ4n) is 4.73. The zero-order valence-electron chi connectivity index (χ0n) is 21.9. The summed E-state index contributed by atoms with van der Waals surface area (Å²) in [6, 6.07) is 10.6. The molecule has 35 heavy (non-hydrogen) atoms. The monoisotopic (exact) mass is 502 g/mol. The van der Waals surface area contributed by atoms with Crippen LogP contribution >= 0.6 is 0 Å². The maximum atomic E-state index is 13.1. The number of hydrogen-bond donors (Lipinski definition) is 0. The van der Waals surface area contributed by atoms with Gasteiger partial charge < -0.3 is 9.47 Å². The second-order valence-electron chi connectivity index (χ2n) is 9.20. The molecule has 0 aromatic heterocycles. The van der Waals surface area contributed by atoms with Crippen molar-refractivity contribution in [3.8, 4) is 22.6 Å². The lowest BCUT2D eigenvalue weighted by atomic mass is 10.1. The molecule has 194 valence electrons.